The van der Waals surface area contributed by atoms with E-state index < -0.39 is 22.4 Å². The van der Waals surface area contributed by atoms with Crippen molar-refractivity contribution in [3.63, 3.8) is 0 Å². The summed E-state index contributed by atoms with van der Waals surface area (Å²) in [5.74, 6) is -1.18. The number of hydrogen-bond acceptors (Lipinski definition) is 2. The van der Waals surface area contributed by atoms with Crippen LogP contribution in [0.5, 0.6) is 0 Å². The molecule has 0 fully saturated rings. The highest BCUT2D eigenvalue weighted by Gasteiger charge is 2.13. The molecule has 2 aromatic carbocycles. The van der Waals surface area contributed by atoms with E-state index in [1.807, 2.05) is 0 Å². The van der Waals surface area contributed by atoms with E-state index in [0.29, 0.717) is 16.1 Å². The SMILES string of the molecule is Cc1c(N)cccc1S(=O)Cc1cc(F)ccc1F. The minimum absolute atomic E-state index is 0.0755. The molecule has 0 saturated heterocycles. The average Bonchev–Trinajstić information content (AvgIpc) is 2.37. The van der Waals surface area contributed by atoms with Gasteiger partial charge in [-0.25, -0.2) is 8.78 Å². The fourth-order valence-corrected chi connectivity index (χ4v) is 3.10. The number of rotatable bonds is 3. The summed E-state index contributed by atoms with van der Waals surface area (Å²) in [4.78, 5) is 0.545. The largest absolute Gasteiger partial charge is 0.398 e. The fraction of sp³-hybridized carbons (Fsp3) is 0.143. The van der Waals surface area contributed by atoms with Gasteiger partial charge in [-0.15, -0.1) is 0 Å². The molecule has 5 heteroatoms. The van der Waals surface area contributed by atoms with Crippen molar-refractivity contribution in [2.24, 2.45) is 0 Å². The third kappa shape index (κ3) is 2.98. The summed E-state index contributed by atoms with van der Waals surface area (Å²) in [7, 11) is -1.46. The van der Waals surface area contributed by atoms with Crippen molar-refractivity contribution < 1.29 is 13.0 Å². The molecule has 2 N–H and O–H groups in total. The maximum Gasteiger partial charge on any atom is 0.127 e. The van der Waals surface area contributed by atoms with Gasteiger partial charge in [-0.05, 0) is 42.8 Å². The molecular weight excluding hydrogens is 268 g/mol. The Bertz CT molecular complexity index is 643. The van der Waals surface area contributed by atoms with Gasteiger partial charge >= 0.3 is 0 Å². The zero-order valence-corrected chi connectivity index (χ0v) is 11.1. The number of anilines is 1. The van der Waals surface area contributed by atoms with E-state index in [0.717, 1.165) is 18.2 Å². The van der Waals surface area contributed by atoms with Crippen molar-refractivity contribution in [3.05, 3.63) is 59.2 Å². The third-order valence-electron chi connectivity index (χ3n) is 2.87. The highest BCUT2D eigenvalue weighted by atomic mass is 32.2. The Kier molecular flexibility index (Phi) is 3.95. The van der Waals surface area contributed by atoms with Gasteiger partial charge in [0.05, 0.1) is 16.6 Å². The van der Waals surface area contributed by atoms with Crippen LogP contribution in [0.15, 0.2) is 41.3 Å². The van der Waals surface area contributed by atoms with Crippen LogP contribution in [0.25, 0.3) is 0 Å². The second kappa shape index (κ2) is 5.48. The molecule has 0 aliphatic carbocycles. The molecular formula is C14H13F2NOS. The van der Waals surface area contributed by atoms with Crippen molar-refractivity contribution >= 4 is 16.5 Å². The Morgan fingerprint density at radius 2 is 1.95 bits per heavy atom. The molecule has 2 aromatic rings. The van der Waals surface area contributed by atoms with Crippen molar-refractivity contribution in [1.29, 1.82) is 0 Å². The predicted molar refractivity (Wildman–Crippen MR) is 72.1 cm³/mol. The minimum Gasteiger partial charge on any atom is -0.398 e. The molecule has 19 heavy (non-hydrogen) atoms. The molecule has 0 aromatic heterocycles. The Labute approximate surface area is 112 Å². The third-order valence-corrected chi connectivity index (χ3v) is 4.37. The molecule has 0 aliphatic rings. The van der Waals surface area contributed by atoms with Crippen molar-refractivity contribution in [1.82, 2.24) is 0 Å². The molecule has 2 nitrogen and oxygen atoms in total. The van der Waals surface area contributed by atoms with Crippen LogP contribution < -0.4 is 5.73 Å². The van der Waals surface area contributed by atoms with Gasteiger partial charge < -0.3 is 5.73 Å². The average molecular weight is 281 g/mol. The smallest absolute Gasteiger partial charge is 0.127 e. The lowest BCUT2D eigenvalue weighted by Gasteiger charge is -2.09. The lowest BCUT2D eigenvalue weighted by Crippen LogP contribution is -2.03. The summed E-state index contributed by atoms with van der Waals surface area (Å²) in [6, 6.07) is 8.21. The molecule has 0 spiro atoms. The quantitative estimate of drug-likeness (QED) is 0.878. The Balaban J connectivity index is 2.31. The highest BCUT2D eigenvalue weighted by Crippen LogP contribution is 2.22. The van der Waals surface area contributed by atoms with E-state index >= 15 is 0 Å². The summed E-state index contributed by atoms with van der Waals surface area (Å²) in [6.45, 7) is 1.75. The first-order valence-corrected chi connectivity index (χ1v) is 6.98. The topological polar surface area (TPSA) is 43.1 Å². The summed E-state index contributed by atoms with van der Waals surface area (Å²) in [5, 5.41) is 0. The zero-order valence-electron chi connectivity index (χ0n) is 10.3. The molecule has 0 bridgehead atoms. The molecule has 1 atom stereocenters. The van der Waals surface area contributed by atoms with E-state index in [-0.39, 0.29) is 11.3 Å². The van der Waals surface area contributed by atoms with Crippen LogP contribution >= 0.6 is 0 Å². The van der Waals surface area contributed by atoms with Gasteiger partial charge in [-0.3, -0.25) is 4.21 Å². The lowest BCUT2D eigenvalue weighted by atomic mass is 10.2. The number of benzene rings is 2. The maximum absolute atomic E-state index is 13.5. The number of hydrogen-bond donors (Lipinski definition) is 1. The minimum atomic E-state index is -1.46. The van der Waals surface area contributed by atoms with E-state index in [4.69, 9.17) is 5.73 Å². The standard InChI is InChI=1S/C14H13F2NOS/c1-9-13(17)3-2-4-14(9)19(18)8-10-7-11(15)5-6-12(10)16/h2-7H,8,17H2,1H3. The van der Waals surface area contributed by atoms with Gasteiger partial charge in [-0.1, -0.05) is 6.07 Å². The number of halogens is 2. The monoisotopic (exact) mass is 281 g/mol. The molecule has 0 saturated carbocycles. The van der Waals surface area contributed by atoms with Crippen LogP contribution in [0.1, 0.15) is 11.1 Å². The summed E-state index contributed by atoms with van der Waals surface area (Å²) >= 11 is 0. The lowest BCUT2D eigenvalue weighted by molar-refractivity contribution is 0.590. The molecule has 0 aliphatic heterocycles. The van der Waals surface area contributed by atoms with Crippen LogP contribution in [0, 0.1) is 18.6 Å². The molecule has 0 heterocycles. The Hall–Kier alpha value is -1.75. The van der Waals surface area contributed by atoms with Crippen molar-refractivity contribution in [2.75, 3.05) is 5.73 Å². The fourth-order valence-electron chi connectivity index (χ4n) is 1.75. The summed E-state index contributed by atoms with van der Waals surface area (Å²) < 4.78 is 38.8. The normalized spacial score (nSPS) is 12.4. The molecule has 1 unspecified atom stereocenters. The molecule has 0 radical (unpaired) electrons. The van der Waals surface area contributed by atoms with Gasteiger partial charge in [0.25, 0.3) is 0 Å². The number of nitrogen functional groups attached to an aromatic ring is 1. The second-order valence-electron chi connectivity index (χ2n) is 4.20. The second-order valence-corrected chi connectivity index (χ2v) is 5.62. The van der Waals surface area contributed by atoms with Gasteiger partial charge in [0.15, 0.2) is 0 Å². The van der Waals surface area contributed by atoms with E-state index in [1.165, 1.54) is 0 Å². The summed E-state index contributed by atoms with van der Waals surface area (Å²) in [6.07, 6.45) is 0. The molecule has 100 valence electrons. The first-order valence-electron chi connectivity index (χ1n) is 5.66. The zero-order chi connectivity index (χ0) is 14.0. The van der Waals surface area contributed by atoms with Crippen LogP contribution in [0.4, 0.5) is 14.5 Å². The predicted octanol–water partition coefficient (Wildman–Crippen LogP) is 3.16. The van der Waals surface area contributed by atoms with Crippen molar-refractivity contribution in [2.45, 2.75) is 17.6 Å². The van der Waals surface area contributed by atoms with Crippen LogP contribution in [-0.4, -0.2) is 4.21 Å². The first-order chi connectivity index (χ1) is 8.99. The van der Waals surface area contributed by atoms with Gasteiger partial charge in [0.2, 0.25) is 0 Å². The van der Waals surface area contributed by atoms with E-state index in [9.17, 15) is 13.0 Å². The van der Waals surface area contributed by atoms with Gasteiger partial charge in [-0.2, -0.15) is 0 Å². The van der Waals surface area contributed by atoms with Crippen LogP contribution in [-0.2, 0) is 16.6 Å². The molecule has 2 rings (SSSR count). The van der Waals surface area contributed by atoms with Crippen LogP contribution in [0.2, 0.25) is 0 Å². The van der Waals surface area contributed by atoms with Crippen molar-refractivity contribution in [3.8, 4) is 0 Å². The highest BCUT2D eigenvalue weighted by molar-refractivity contribution is 7.84. The van der Waals surface area contributed by atoms with E-state index in [2.05, 4.69) is 0 Å². The number of nitrogens with two attached hydrogens (primary N) is 1. The molecule has 0 amide bonds. The van der Waals surface area contributed by atoms with Gasteiger partial charge in [0, 0.05) is 16.1 Å². The Morgan fingerprint density at radius 1 is 1.21 bits per heavy atom. The Morgan fingerprint density at radius 3 is 2.68 bits per heavy atom. The first kappa shape index (κ1) is 13.7. The summed E-state index contributed by atoms with van der Waals surface area (Å²) in [5.41, 5.74) is 7.07. The van der Waals surface area contributed by atoms with Gasteiger partial charge in [0.1, 0.15) is 11.6 Å². The van der Waals surface area contributed by atoms with E-state index in [1.54, 1.807) is 25.1 Å². The van der Waals surface area contributed by atoms with Crippen LogP contribution in [0.3, 0.4) is 0 Å². The maximum atomic E-state index is 13.5.